The highest BCUT2D eigenvalue weighted by Gasteiger charge is 2.21. The second-order valence-corrected chi connectivity index (χ2v) is 13.4. The number of nitrogens with zero attached hydrogens (tertiary/aromatic N) is 3. The van der Waals surface area contributed by atoms with E-state index in [9.17, 15) is 0 Å². The lowest BCUT2D eigenvalue weighted by Gasteiger charge is -2.15. The Morgan fingerprint density at radius 1 is 0.360 bits per heavy atom. The fourth-order valence-electron chi connectivity index (χ4n) is 7.12. The van der Waals surface area contributed by atoms with Crippen LogP contribution in [0.3, 0.4) is 0 Å². The van der Waals surface area contributed by atoms with E-state index < -0.39 is 0 Å². The molecule has 0 atom stereocenters. The third kappa shape index (κ3) is 4.63. The van der Waals surface area contributed by atoms with Crippen LogP contribution in [0.2, 0.25) is 0 Å². The van der Waals surface area contributed by atoms with E-state index in [1.807, 2.05) is 72.0 Å². The first-order valence-electron chi connectivity index (χ1n) is 16.6. The van der Waals surface area contributed by atoms with Crippen molar-refractivity contribution in [1.29, 1.82) is 0 Å². The Kier molecular flexibility index (Phi) is 6.64. The van der Waals surface area contributed by atoms with Gasteiger partial charge in [0.05, 0.1) is 0 Å². The van der Waals surface area contributed by atoms with Crippen molar-refractivity contribution in [2.75, 3.05) is 0 Å². The van der Waals surface area contributed by atoms with Crippen LogP contribution in [0.15, 0.2) is 168 Å². The van der Waals surface area contributed by atoms with Crippen LogP contribution in [0.1, 0.15) is 0 Å². The molecule has 234 valence electrons. The average molecular weight is 658 g/mol. The van der Waals surface area contributed by atoms with Gasteiger partial charge in [-0.2, -0.15) is 0 Å². The molecule has 10 rings (SSSR count). The van der Waals surface area contributed by atoms with Gasteiger partial charge in [0.15, 0.2) is 17.5 Å². The van der Waals surface area contributed by atoms with Gasteiger partial charge in [0.25, 0.3) is 0 Å². The molecule has 0 unspecified atom stereocenters. The zero-order chi connectivity index (χ0) is 33.0. The molecule has 50 heavy (non-hydrogen) atoms. The van der Waals surface area contributed by atoms with Gasteiger partial charge in [0.2, 0.25) is 0 Å². The lowest BCUT2D eigenvalue weighted by atomic mass is 9.91. The molecule has 3 heterocycles. The summed E-state index contributed by atoms with van der Waals surface area (Å²) in [4.78, 5) is 15.5. The number of aromatic nitrogens is 3. The summed E-state index contributed by atoms with van der Waals surface area (Å²) in [5, 5.41) is 4.60. The van der Waals surface area contributed by atoms with Crippen molar-refractivity contribution in [3.8, 4) is 56.4 Å². The van der Waals surface area contributed by atoms with Crippen molar-refractivity contribution in [3.63, 3.8) is 0 Å². The summed E-state index contributed by atoms with van der Waals surface area (Å²) in [7, 11) is 0. The van der Waals surface area contributed by atoms with Crippen molar-refractivity contribution in [3.05, 3.63) is 164 Å². The van der Waals surface area contributed by atoms with Crippen molar-refractivity contribution < 1.29 is 4.42 Å². The highest BCUT2D eigenvalue weighted by molar-refractivity contribution is 7.26. The van der Waals surface area contributed by atoms with Crippen LogP contribution in [0.5, 0.6) is 0 Å². The monoisotopic (exact) mass is 657 g/mol. The molecule has 0 amide bonds. The van der Waals surface area contributed by atoms with E-state index >= 15 is 0 Å². The van der Waals surface area contributed by atoms with Crippen LogP contribution < -0.4 is 0 Å². The zero-order valence-corrected chi connectivity index (χ0v) is 27.6. The highest BCUT2D eigenvalue weighted by atomic mass is 32.1. The Bertz CT molecular complexity index is 2890. The standard InChI is InChI=1S/C45H27N3OS/c1-2-14-28(15-3-1)43-46-44(48-45(47-43)37-24-13-26-39-41(37)36-21-8-10-25-38(36)49-39)35-20-7-6-18-31(35)29-16-4-5-17-30(29)33-22-12-23-34-32-19-9-11-27-40(32)50-42(33)34/h1-27H. The van der Waals surface area contributed by atoms with Gasteiger partial charge in [-0.05, 0) is 34.9 Å². The quantitative estimate of drug-likeness (QED) is 0.185. The molecular formula is C45H27N3OS. The summed E-state index contributed by atoms with van der Waals surface area (Å²) in [6, 6.07) is 56.7. The molecule has 4 nitrogen and oxygen atoms in total. The predicted molar refractivity (Wildman–Crippen MR) is 207 cm³/mol. The lowest BCUT2D eigenvalue weighted by Crippen LogP contribution is -2.01. The van der Waals surface area contributed by atoms with Crippen LogP contribution in [-0.4, -0.2) is 15.0 Å². The lowest BCUT2D eigenvalue weighted by molar-refractivity contribution is 0.669. The number of hydrogen-bond acceptors (Lipinski definition) is 5. The number of fused-ring (bicyclic) bond motifs is 6. The number of furan rings is 1. The molecule has 0 aliphatic carbocycles. The van der Waals surface area contributed by atoms with E-state index in [1.165, 1.54) is 31.3 Å². The van der Waals surface area contributed by atoms with Gasteiger partial charge in [0, 0.05) is 53.2 Å². The van der Waals surface area contributed by atoms with Gasteiger partial charge in [-0.1, -0.05) is 146 Å². The molecule has 7 aromatic carbocycles. The van der Waals surface area contributed by atoms with E-state index in [1.54, 1.807) is 0 Å². The minimum Gasteiger partial charge on any atom is -0.456 e. The molecule has 0 saturated heterocycles. The number of benzene rings is 7. The number of thiophene rings is 1. The second-order valence-electron chi connectivity index (χ2n) is 12.3. The van der Waals surface area contributed by atoms with Gasteiger partial charge in [-0.3, -0.25) is 0 Å². The maximum absolute atomic E-state index is 6.26. The Morgan fingerprint density at radius 3 is 1.70 bits per heavy atom. The molecule has 3 aromatic heterocycles. The topological polar surface area (TPSA) is 51.8 Å². The Balaban J connectivity index is 1.21. The van der Waals surface area contributed by atoms with Crippen LogP contribution in [0, 0.1) is 0 Å². The Labute approximate surface area is 292 Å². The SMILES string of the molecule is c1ccc(-c2nc(-c3ccccc3-c3ccccc3-c3cccc4c3sc3ccccc34)nc(-c3cccc4oc5ccccc5c34)n2)cc1. The normalized spacial score (nSPS) is 11.6. The fraction of sp³-hybridized carbons (Fsp3) is 0. The number of hydrogen-bond donors (Lipinski definition) is 0. The second kappa shape index (κ2) is 11.6. The molecule has 0 fully saturated rings. The Morgan fingerprint density at radius 2 is 0.880 bits per heavy atom. The summed E-state index contributed by atoms with van der Waals surface area (Å²) < 4.78 is 8.83. The van der Waals surface area contributed by atoms with Gasteiger partial charge >= 0.3 is 0 Å². The van der Waals surface area contributed by atoms with Crippen LogP contribution in [-0.2, 0) is 0 Å². The molecule has 0 bridgehead atoms. The molecule has 5 heteroatoms. The van der Waals surface area contributed by atoms with Gasteiger partial charge in [-0.25, -0.2) is 15.0 Å². The molecule has 0 aliphatic heterocycles. The van der Waals surface area contributed by atoms with Crippen molar-refractivity contribution in [1.82, 2.24) is 15.0 Å². The summed E-state index contributed by atoms with van der Waals surface area (Å²) >= 11 is 1.85. The molecule has 10 aromatic rings. The fourth-order valence-corrected chi connectivity index (χ4v) is 8.35. The molecule has 0 radical (unpaired) electrons. The maximum atomic E-state index is 6.26. The summed E-state index contributed by atoms with van der Waals surface area (Å²) in [6.45, 7) is 0. The largest absolute Gasteiger partial charge is 0.456 e. The van der Waals surface area contributed by atoms with Crippen LogP contribution in [0.25, 0.3) is 98.5 Å². The molecular weight excluding hydrogens is 631 g/mol. The van der Waals surface area contributed by atoms with E-state index in [0.717, 1.165) is 49.8 Å². The van der Waals surface area contributed by atoms with Crippen molar-refractivity contribution >= 4 is 53.4 Å². The first-order chi connectivity index (χ1) is 24.8. The third-order valence-corrected chi connectivity index (χ3v) is 10.6. The number of para-hydroxylation sites is 1. The molecule has 0 aliphatic rings. The van der Waals surface area contributed by atoms with Crippen molar-refractivity contribution in [2.45, 2.75) is 0 Å². The minimum atomic E-state index is 0.601. The van der Waals surface area contributed by atoms with Crippen molar-refractivity contribution in [2.24, 2.45) is 0 Å². The first-order valence-corrected chi connectivity index (χ1v) is 17.4. The van der Waals surface area contributed by atoms with E-state index in [4.69, 9.17) is 19.4 Å². The van der Waals surface area contributed by atoms with E-state index in [0.29, 0.717) is 17.5 Å². The Hall–Kier alpha value is -6.43. The molecule has 0 saturated carbocycles. The predicted octanol–water partition coefficient (Wildman–Crippen LogP) is 12.5. The summed E-state index contributed by atoms with van der Waals surface area (Å²) in [5.74, 6) is 1.84. The minimum absolute atomic E-state index is 0.601. The first kappa shape index (κ1) is 28.6. The van der Waals surface area contributed by atoms with Gasteiger partial charge in [0.1, 0.15) is 11.2 Å². The van der Waals surface area contributed by atoms with E-state index in [2.05, 4.69) is 103 Å². The van der Waals surface area contributed by atoms with E-state index in [-0.39, 0.29) is 0 Å². The van der Waals surface area contributed by atoms with Gasteiger partial charge in [-0.15, -0.1) is 11.3 Å². The average Bonchev–Trinajstić information content (AvgIpc) is 3.77. The van der Waals surface area contributed by atoms with Gasteiger partial charge < -0.3 is 4.42 Å². The number of rotatable bonds is 5. The van der Waals surface area contributed by atoms with Crippen LogP contribution in [0.4, 0.5) is 0 Å². The summed E-state index contributed by atoms with van der Waals surface area (Å²) in [6.07, 6.45) is 0. The third-order valence-electron chi connectivity index (χ3n) is 9.39. The van der Waals surface area contributed by atoms with Crippen LogP contribution >= 0.6 is 11.3 Å². The zero-order valence-electron chi connectivity index (χ0n) is 26.7. The summed E-state index contributed by atoms with van der Waals surface area (Å²) in [5.41, 5.74) is 8.98. The molecule has 0 N–H and O–H groups in total. The molecule has 0 spiro atoms. The smallest absolute Gasteiger partial charge is 0.164 e. The highest BCUT2D eigenvalue weighted by Crippen LogP contribution is 2.44. The maximum Gasteiger partial charge on any atom is 0.164 e.